The van der Waals surface area contributed by atoms with Gasteiger partial charge in [0.25, 0.3) is 0 Å². The fourth-order valence-corrected chi connectivity index (χ4v) is 2.32. The molecule has 7 heteroatoms. The lowest BCUT2D eigenvalue weighted by Gasteiger charge is -2.23. The van der Waals surface area contributed by atoms with E-state index in [-0.39, 0.29) is 5.92 Å². The molecule has 1 aromatic carbocycles. The summed E-state index contributed by atoms with van der Waals surface area (Å²) in [5.41, 5.74) is 6.87. The van der Waals surface area contributed by atoms with Gasteiger partial charge in [-0.1, -0.05) is 44.2 Å². The minimum absolute atomic E-state index is 0.140. The molecular weight excluding hydrogens is 322 g/mol. The van der Waals surface area contributed by atoms with Crippen LogP contribution in [0, 0.1) is 5.92 Å². The second-order valence-electron chi connectivity index (χ2n) is 6.56. The molecule has 25 heavy (non-hydrogen) atoms. The number of amides is 2. The molecule has 0 radical (unpaired) electrons. The fraction of sp³-hybridized carbons (Fsp3) is 0.500. The molecule has 0 heterocycles. The summed E-state index contributed by atoms with van der Waals surface area (Å²) < 4.78 is 0. The van der Waals surface area contributed by atoms with Crippen LogP contribution in [0.5, 0.6) is 0 Å². The Morgan fingerprint density at radius 3 is 2.16 bits per heavy atom. The zero-order valence-electron chi connectivity index (χ0n) is 14.9. The summed E-state index contributed by atoms with van der Waals surface area (Å²) in [6.07, 6.45) is 0.746. The van der Waals surface area contributed by atoms with E-state index in [1.54, 1.807) is 0 Å². The molecule has 138 valence electrons. The van der Waals surface area contributed by atoms with Crippen LogP contribution in [0.4, 0.5) is 0 Å². The predicted octanol–water partition coefficient (Wildman–Crippen LogP) is 0.677. The number of nitrogens with two attached hydrogens (primary N) is 1. The normalized spacial score (nSPS) is 14.4. The quantitative estimate of drug-likeness (QED) is 0.522. The Bertz CT molecular complexity index is 589. The zero-order chi connectivity index (χ0) is 19.0. The standard InChI is InChI=1S/C18H27N3O4/c1-11(2)9-15(17(23)20-12(3)18(24)25)21-16(22)14(19)10-13-7-5-4-6-8-13/h4-8,11-12,14-15H,9-10,19H2,1-3H3,(H,20,23)(H,21,22)(H,24,25). The molecule has 3 unspecified atom stereocenters. The van der Waals surface area contributed by atoms with Crippen molar-refractivity contribution in [1.82, 2.24) is 10.6 Å². The second-order valence-corrected chi connectivity index (χ2v) is 6.56. The molecule has 7 nitrogen and oxygen atoms in total. The highest BCUT2D eigenvalue weighted by molar-refractivity contribution is 5.91. The lowest BCUT2D eigenvalue weighted by atomic mass is 10.0. The molecule has 3 atom stereocenters. The van der Waals surface area contributed by atoms with E-state index in [0.29, 0.717) is 12.8 Å². The van der Waals surface area contributed by atoms with Crippen molar-refractivity contribution in [3.63, 3.8) is 0 Å². The number of carbonyl (C=O) groups excluding carboxylic acids is 2. The molecule has 5 N–H and O–H groups in total. The molecular formula is C18H27N3O4. The number of carboxylic acid groups (broad SMARTS) is 1. The molecule has 1 aromatic rings. The molecule has 2 amide bonds. The van der Waals surface area contributed by atoms with Crippen LogP contribution in [-0.2, 0) is 20.8 Å². The molecule has 0 spiro atoms. The summed E-state index contributed by atoms with van der Waals surface area (Å²) in [6.45, 7) is 5.20. The Balaban J connectivity index is 2.71. The van der Waals surface area contributed by atoms with Gasteiger partial charge in [-0.25, -0.2) is 0 Å². The monoisotopic (exact) mass is 349 g/mol. The lowest BCUT2D eigenvalue weighted by Crippen LogP contribution is -2.54. The highest BCUT2D eigenvalue weighted by atomic mass is 16.4. The van der Waals surface area contributed by atoms with Gasteiger partial charge in [0.2, 0.25) is 11.8 Å². The van der Waals surface area contributed by atoms with Gasteiger partial charge in [-0.2, -0.15) is 0 Å². The first-order valence-electron chi connectivity index (χ1n) is 8.33. The lowest BCUT2D eigenvalue weighted by molar-refractivity contribution is -0.141. The van der Waals surface area contributed by atoms with Crippen LogP contribution < -0.4 is 16.4 Å². The van der Waals surface area contributed by atoms with Crippen LogP contribution >= 0.6 is 0 Å². The van der Waals surface area contributed by atoms with Gasteiger partial charge in [0, 0.05) is 0 Å². The largest absolute Gasteiger partial charge is 0.480 e. The van der Waals surface area contributed by atoms with Gasteiger partial charge in [0.15, 0.2) is 0 Å². The molecule has 0 aliphatic carbocycles. The van der Waals surface area contributed by atoms with E-state index >= 15 is 0 Å². The third-order valence-electron chi connectivity index (χ3n) is 3.70. The first-order chi connectivity index (χ1) is 11.7. The van der Waals surface area contributed by atoms with Crippen LogP contribution in [0.3, 0.4) is 0 Å². The topological polar surface area (TPSA) is 122 Å². The fourth-order valence-electron chi connectivity index (χ4n) is 2.32. The second kappa shape index (κ2) is 9.78. The van der Waals surface area contributed by atoms with Gasteiger partial charge in [0.05, 0.1) is 6.04 Å². The summed E-state index contributed by atoms with van der Waals surface area (Å²) in [5, 5.41) is 13.9. The SMILES string of the molecule is CC(C)CC(NC(=O)C(N)Cc1ccccc1)C(=O)NC(C)C(=O)O. The van der Waals surface area contributed by atoms with Crippen molar-refractivity contribution in [2.45, 2.75) is 51.7 Å². The minimum atomic E-state index is -1.14. The number of carboxylic acids is 1. The van der Waals surface area contributed by atoms with Crippen LogP contribution in [0.15, 0.2) is 30.3 Å². The highest BCUT2D eigenvalue weighted by Crippen LogP contribution is 2.07. The Morgan fingerprint density at radius 1 is 1.04 bits per heavy atom. The highest BCUT2D eigenvalue weighted by Gasteiger charge is 2.26. The Morgan fingerprint density at radius 2 is 1.64 bits per heavy atom. The van der Waals surface area contributed by atoms with E-state index in [4.69, 9.17) is 10.8 Å². The first-order valence-corrected chi connectivity index (χ1v) is 8.33. The smallest absolute Gasteiger partial charge is 0.325 e. The van der Waals surface area contributed by atoms with Crippen LogP contribution in [0.2, 0.25) is 0 Å². The summed E-state index contributed by atoms with van der Waals surface area (Å²) >= 11 is 0. The van der Waals surface area contributed by atoms with Gasteiger partial charge in [0.1, 0.15) is 12.1 Å². The molecule has 1 rings (SSSR count). The van der Waals surface area contributed by atoms with Crippen molar-refractivity contribution in [3.05, 3.63) is 35.9 Å². The molecule has 0 saturated heterocycles. The average molecular weight is 349 g/mol. The zero-order valence-corrected chi connectivity index (χ0v) is 14.9. The number of nitrogens with one attached hydrogen (secondary N) is 2. The molecule has 0 saturated carbocycles. The third kappa shape index (κ3) is 7.34. The predicted molar refractivity (Wildman–Crippen MR) is 94.7 cm³/mol. The number of aliphatic carboxylic acids is 1. The van der Waals surface area contributed by atoms with E-state index in [2.05, 4.69) is 10.6 Å². The van der Waals surface area contributed by atoms with E-state index in [1.807, 2.05) is 44.2 Å². The molecule has 0 bridgehead atoms. The van der Waals surface area contributed by atoms with Crippen molar-refractivity contribution < 1.29 is 19.5 Å². The van der Waals surface area contributed by atoms with E-state index in [9.17, 15) is 14.4 Å². The summed E-state index contributed by atoms with van der Waals surface area (Å²) in [7, 11) is 0. The van der Waals surface area contributed by atoms with Gasteiger partial charge < -0.3 is 21.5 Å². The van der Waals surface area contributed by atoms with Gasteiger partial charge in [-0.05, 0) is 31.2 Å². The van der Waals surface area contributed by atoms with Gasteiger partial charge >= 0.3 is 5.97 Å². The molecule has 0 aromatic heterocycles. The van der Waals surface area contributed by atoms with E-state index in [1.165, 1.54) is 6.92 Å². The first kappa shape index (κ1) is 20.6. The number of benzene rings is 1. The maximum absolute atomic E-state index is 12.3. The summed E-state index contributed by atoms with van der Waals surface area (Å²) in [5.74, 6) is -1.96. The molecule has 0 fully saturated rings. The van der Waals surface area contributed by atoms with E-state index < -0.39 is 35.9 Å². The van der Waals surface area contributed by atoms with Crippen LogP contribution in [0.1, 0.15) is 32.8 Å². The number of carbonyl (C=O) groups is 3. The molecule has 0 aliphatic heterocycles. The number of rotatable bonds is 9. The van der Waals surface area contributed by atoms with Crippen LogP contribution in [-0.4, -0.2) is 41.0 Å². The van der Waals surface area contributed by atoms with Crippen molar-refractivity contribution in [2.24, 2.45) is 11.7 Å². The van der Waals surface area contributed by atoms with Crippen molar-refractivity contribution in [2.75, 3.05) is 0 Å². The summed E-state index contributed by atoms with van der Waals surface area (Å²) in [4.78, 5) is 35.5. The third-order valence-corrected chi connectivity index (χ3v) is 3.70. The number of hydrogen-bond donors (Lipinski definition) is 4. The van der Waals surface area contributed by atoms with Crippen molar-refractivity contribution in [1.29, 1.82) is 0 Å². The van der Waals surface area contributed by atoms with Crippen molar-refractivity contribution >= 4 is 17.8 Å². The van der Waals surface area contributed by atoms with Crippen LogP contribution in [0.25, 0.3) is 0 Å². The summed E-state index contributed by atoms with van der Waals surface area (Å²) in [6, 6.07) is 6.71. The Kier molecular flexibility index (Phi) is 8.07. The maximum Gasteiger partial charge on any atom is 0.325 e. The Labute approximate surface area is 148 Å². The van der Waals surface area contributed by atoms with Gasteiger partial charge in [-0.3, -0.25) is 14.4 Å². The van der Waals surface area contributed by atoms with Gasteiger partial charge in [-0.15, -0.1) is 0 Å². The average Bonchev–Trinajstić information content (AvgIpc) is 2.54. The Hall–Kier alpha value is -2.41. The number of hydrogen-bond acceptors (Lipinski definition) is 4. The van der Waals surface area contributed by atoms with Crippen molar-refractivity contribution in [3.8, 4) is 0 Å². The maximum atomic E-state index is 12.3. The molecule has 0 aliphatic rings. The minimum Gasteiger partial charge on any atom is -0.480 e. The van der Waals surface area contributed by atoms with E-state index in [0.717, 1.165) is 5.56 Å².